The SMILES string of the molecule is O=C(O)c1cc(-c2ccc(Cl)cc2Cl)n(-c2cccc(Cl)c2)n1. The number of benzene rings is 2. The van der Waals surface area contributed by atoms with Crippen molar-refractivity contribution in [3.05, 3.63) is 69.3 Å². The highest BCUT2D eigenvalue weighted by molar-refractivity contribution is 6.36. The normalized spacial score (nSPS) is 10.7. The lowest BCUT2D eigenvalue weighted by atomic mass is 10.1. The van der Waals surface area contributed by atoms with Crippen LogP contribution in [0.5, 0.6) is 0 Å². The summed E-state index contributed by atoms with van der Waals surface area (Å²) in [6.45, 7) is 0. The fraction of sp³-hybridized carbons (Fsp3) is 0. The third kappa shape index (κ3) is 3.20. The number of carboxylic acids is 1. The van der Waals surface area contributed by atoms with Crippen molar-refractivity contribution in [3.63, 3.8) is 0 Å². The summed E-state index contributed by atoms with van der Waals surface area (Å²) in [4.78, 5) is 11.3. The van der Waals surface area contributed by atoms with Gasteiger partial charge in [-0.3, -0.25) is 0 Å². The van der Waals surface area contributed by atoms with Crippen molar-refractivity contribution in [2.45, 2.75) is 0 Å². The number of rotatable bonds is 3. The van der Waals surface area contributed by atoms with Crippen molar-refractivity contribution in [1.29, 1.82) is 0 Å². The summed E-state index contributed by atoms with van der Waals surface area (Å²) in [5, 5.41) is 14.8. The van der Waals surface area contributed by atoms with Gasteiger partial charge in [0.1, 0.15) is 0 Å². The van der Waals surface area contributed by atoms with E-state index in [1.165, 1.54) is 10.7 Å². The van der Waals surface area contributed by atoms with Gasteiger partial charge in [-0.15, -0.1) is 0 Å². The van der Waals surface area contributed by atoms with E-state index < -0.39 is 5.97 Å². The van der Waals surface area contributed by atoms with Crippen LogP contribution < -0.4 is 0 Å². The summed E-state index contributed by atoms with van der Waals surface area (Å²) in [6, 6.07) is 13.4. The molecule has 3 rings (SSSR count). The van der Waals surface area contributed by atoms with E-state index in [1.807, 2.05) is 0 Å². The Morgan fingerprint density at radius 2 is 1.74 bits per heavy atom. The Labute approximate surface area is 146 Å². The number of aromatic carboxylic acids is 1. The van der Waals surface area contributed by atoms with E-state index in [4.69, 9.17) is 34.8 Å². The molecule has 1 aromatic heterocycles. The lowest BCUT2D eigenvalue weighted by Gasteiger charge is -2.09. The van der Waals surface area contributed by atoms with E-state index in [2.05, 4.69) is 5.10 Å². The molecule has 0 radical (unpaired) electrons. The Morgan fingerprint density at radius 1 is 1.00 bits per heavy atom. The molecule has 23 heavy (non-hydrogen) atoms. The first-order valence-corrected chi connectivity index (χ1v) is 7.64. The zero-order chi connectivity index (χ0) is 16.6. The average Bonchev–Trinajstić information content (AvgIpc) is 2.92. The van der Waals surface area contributed by atoms with Crippen molar-refractivity contribution in [1.82, 2.24) is 9.78 Å². The van der Waals surface area contributed by atoms with E-state index in [0.717, 1.165) is 0 Å². The molecule has 0 atom stereocenters. The summed E-state index contributed by atoms with van der Waals surface area (Å²) in [5.74, 6) is -1.13. The van der Waals surface area contributed by atoms with Gasteiger partial charge in [-0.05, 0) is 42.5 Å². The van der Waals surface area contributed by atoms with Crippen molar-refractivity contribution < 1.29 is 9.90 Å². The van der Waals surface area contributed by atoms with E-state index >= 15 is 0 Å². The van der Waals surface area contributed by atoms with Gasteiger partial charge in [-0.1, -0.05) is 40.9 Å². The van der Waals surface area contributed by atoms with Gasteiger partial charge in [-0.25, -0.2) is 9.48 Å². The molecule has 0 saturated carbocycles. The molecule has 1 heterocycles. The van der Waals surface area contributed by atoms with Gasteiger partial charge in [0.15, 0.2) is 5.69 Å². The van der Waals surface area contributed by atoms with Crippen molar-refractivity contribution in [3.8, 4) is 16.9 Å². The first-order chi connectivity index (χ1) is 11.0. The van der Waals surface area contributed by atoms with Crippen LogP contribution in [-0.2, 0) is 0 Å². The molecule has 1 N–H and O–H groups in total. The highest BCUT2D eigenvalue weighted by Gasteiger charge is 2.18. The summed E-state index contributed by atoms with van der Waals surface area (Å²) in [5.41, 5.74) is 1.69. The molecule has 2 aromatic carbocycles. The Morgan fingerprint density at radius 3 is 2.39 bits per heavy atom. The van der Waals surface area contributed by atoms with Crippen molar-refractivity contribution in [2.24, 2.45) is 0 Å². The number of aromatic nitrogens is 2. The smallest absolute Gasteiger partial charge is 0.356 e. The summed E-state index contributed by atoms with van der Waals surface area (Å²) in [6.07, 6.45) is 0. The minimum Gasteiger partial charge on any atom is -0.476 e. The number of hydrogen-bond donors (Lipinski definition) is 1. The summed E-state index contributed by atoms with van der Waals surface area (Å²) < 4.78 is 1.49. The van der Waals surface area contributed by atoms with Gasteiger partial charge >= 0.3 is 5.97 Å². The Hall–Kier alpha value is -2.01. The molecule has 0 spiro atoms. The molecule has 0 unspecified atom stereocenters. The molecule has 0 bridgehead atoms. The molecule has 0 aliphatic carbocycles. The molecule has 0 saturated heterocycles. The van der Waals surface area contributed by atoms with Crippen LogP contribution in [-0.4, -0.2) is 20.9 Å². The lowest BCUT2D eigenvalue weighted by molar-refractivity contribution is 0.0690. The Balaban J connectivity index is 2.25. The second kappa shape index (κ2) is 6.24. The number of carbonyl (C=O) groups is 1. The van der Waals surface area contributed by atoms with E-state index in [9.17, 15) is 9.90 Å². The van der Waals surface area contributed by atoms with Crippen LogP contribution in [0.3, 0.4) is 0 Å². The second-order valence-corrected chi connectivity index (χ2v) is 6.02. The van der Waals surface area contributed by atoms with Crippen LogP contribution >= 0.6 is 34.8 Å². The predicted molar refractivity (Wildman–Crippen MR) is 91.0 cm³/mol. The second-order valence-electron chi connectivity index (χ2n) is 4.74. The van der Waals surface area contributed by atoms with Crippen LogP contribution in [0.1, 0.15) is 10.5 Å². The first-order valence-electron chi connectivity index (χ1n) is 6.50. The number of halogens is 3. The molecule has 0 aliphatic heterocycles. The Bertz CT molecular complexity index is 906. The van der Waals surface area contributed by atoms with Gasteiger partial charge in [0.05, 0.1) is 16.4 Å². The zero-order valence-corrected chi connectivity index (χ0v) is 13.8. The van der Waals surface area contributed by atoms with Gasteiger partial charge in [-0.2, -0.15) is 5.10 Å². The highest BCUT2D eigenvalue weighted by atomic mass is 35.5. The largest absolute Gasteiger partial charge is 0.476 e. The topological polar surface area (TPSA) is 55.1 Å². The number of hydrogen-bond acceptors (Lipinski definition) is 2. The lowest BCUT2D eigenvalue weighted by Crippen LogP contribution is -2.02. The summed E-state index contributed by atoms with van der Waals surface area (Å²) >= 11 is 18.2. The third-order valence-corrected chi connectivity index (χ3v) is 3.97. The van der Waals surface area contributed by atoms with Crippen LogP contribution in [0, 0.1) is 0 Å². The predicted octanol–water partition coefficient (Wildman–Crippen LogP) is 5.20. The van der Waals surface area contributed by atoms with Crippen molar-refractivity contribution >= 4 is 40.8 Å². The van der Waals surface area contributed by atoms with Gasteiger partial charge < -0.3 is 5.11 Å². The maximum absolute atomic E-state index is 11.3. The highest BCUT2D eigenvalue weighted by Crippen LogP contribution is 2.32. The van der Waals surface area contributed by atoms with E-state index in [1.54, 1.807) is 42.5 Å². The third-order valence-electron chi connectivity index (χ3n) is 3.19. The monoisotopic (exact) mass is 366 g/mol. The van der Waals surface area contributed by atoms with E-state index in [-0.39, 0.29) is 5.69 Å². The maximum atomic E-state index is 11.3. The van der Waals surface area contributed by atoms with Crippen LogP contribution in [0.2, 0.25) is 15.1 Å². The van der Waals surface area contributed by atoms with Gasteiger partial charge in [0, 0.05) is 15.6 Å². The molecule has 0 fully saturated rings. The van der Waals surface area contributed by atoms with Crippen LogP contribution in [0.25, 0.3) is 16.9 Å². The quantitative estimate of drug-likeness (QED) is 0.692. The average molecular weight is 368 g/mol. The van der Waals surface area contributed by atoms with Gasteiger partial charge in [0.2, 0.25) is 0 Å². The van der Waals surface area contributed by atoms with Crippen LogP contribution in [0.4, 0.5) is 0 Å². The number of carboxylic acid groups (broad SMARTS) is 1. The van der Waals surface area contributed by atoms with Crippen LogP contribution in [0.15, 0.2) is 48.5 Å². The minimum absolute atomic E-state index is 0.0917. The fourth-order valence-electron chi connectivity index (χ4n) is 2.18. The molecule has 7 heteroatoms. The van der Waals surface area contributed by atoms with E-state index in [0.29, 0.717) is 32.0 Å². The minimum atomic E-state index is -1.13. The first kappa shape index (κ1) is 15.9. The standard InChI is InChI=1S/C16H9Cl3N2O2/c17-9-2-1-3-11(6-9)21-15(8-14(20-21)16(22)23)12-5-4-10(18)7-13(12)19/h1-8H,(H,22,23). The Kier molecular flexibility index (Phi) is 4.31. The zero-order valence-electron chi connectivity index (χ0n) is 11.5. The maximum Gasteiger partial charge on any atom is 0.356 e. The molecule has 116 valence electrons. The molecule has 3 aromatic rings. The van der Waals surface area contributed by atoms with Crippen molar-refractivity contribution in [2.75, 3.05) is 0 Å². The molecule has 0 aliphatic rings. The molecular formula is C16H9Cl3N2O2. The fourth-order valence-corrected chi connectivity index (χ4v) is 2.87. The summed E-state index contributed by atoms with van der Waals surface area (Å²) in [7, 11) is 0. The molecule has 4 nitrogen and oxygen atoms in total. The number of nitrogens with zero attached hydrogens (tertiary/aromatic N) is 2. The molecule has 0 amide bonds. The van der Waals surface area contributed by atoms with Gasteiger partial charge in [0.25, 0.3) is 0 Å². The molecular weight excluding hydrogens is 359 g/mol.